The van der Waals surface area contributed by atoms with E-state index in [9.17, 15) is 13.2 Å². The quantitative estimate of drug-likeness (QED) is 0.664. The van der Waals surface area contributed by atoms with Crippen molar-refractivity contribution in [3.8, 4) is 0 Å². The lowest BCUT2D eigenvalue weighted by Crippen LogP contribution is -2.47. The normalized spacial score (nSPS) is 15.6. The molecule has 1 aliphatic heterocycles. The molecular weight excluding hydrogens is 381 g/mol. The number of aromatic nitrogens is 4. The maximum absolute atomic E-state index is 12.8. The Kier molecular flexibility index (Phi) is 4.33. The molecule has 0 spiro atoms. The van der Waals surface area contributed by atoms with Crippen molar-refractivity contribution in [2.75, 3.05) is 36.0 Å². The summed E-state index contributed by atoms with van der Waals surface area (Å²) in [6.45, 7) is 4.43. The Hall–Kier alpha value is -2.55. The summed E-state index contributed by atoms with van der Waals surface area (Å²) in [5.74, 6) is 1.31. The molecule has 0 bridgehead atoms. The van der Waals surface area contributed by atoms with E-state index in [4.69, 9.17) is 11.6 Å². The number of fused-ring (bicyclic) bond motifs is 1. The number of hydrogen-bond acceptors (Lipinski definition) is 5. The van der Waals surface area contributed by atoms with Gasteiger partial charge in [-0.1, -0.05) is 11.6 Å². The summed E-state index contributed by atoms with van der Waals surface area (Å²) < 4.78 is 40.1. The molecule has 4 rings (SSSR count). The maximum Gasteiger partial charge on any atom is 0.417 e. The van der Waals surface area contributed by atoms with E-state index in [0.717, 1.165) is 29.4 Å². The van der Waals surface area contributed by atoms with Crippen LogP contribution in [0.3, 0.4) is 0 Å². The van der Waals surface area contributed by atoms with E-state index >= 15 is 0 Å². The van der Waals surface area contributed by atoms with E-state index in [1.54, 1.807) is 10.7 Å². The second-order valence-corrected chi connectivity index (χ2v) is 6.77. The van der Waals surface area contributed by atoms with Crippen LogP contribution in [0.25, 0.3) is 5.65 Å². The van der Waals surface area contributed by atoms with Gasteiger partial charge in [0, 0.05) is 50.2 Å². The Morgan fingerprint density at radius 2 is 1.78 bits per heavy atom. The van der Waals surface area contributed by atoms with E-state index in [1.165, 1.54) is 0 Å². The van der Waals surface area contributed by atoms with Gasteiger partial charge >= 0.3 is 6.18 Å². The minimum Gasteiger partial charge on any atom is -0.353 e. The lowest BCUT2D eigenvalue weighted by Gasteiger charge is -2.37. The first-order chi connectivity index (χ1) is 12.8. The fourth-order valence-electron chi connectivity index (χ4n) is 3.21. The predicted molar refractivity (Wildman–Crippen MR) is 96.4 cm³/mol. The van der Waals surface area contributed by atoms with Crippen LogP contribution in [-0.2, 0) is 6.18 Å². The minimum atomic E-state index is -4.46. The zero-order chi connectivity index (χ0) is 19.2. The molecule has 0 atom stereocenters. The third-order valence-corrected chi connectivity index (χ3v) is 4.80. The topological polar surface area (TPSA) is 49.6 Å². The van der Waals surface area contributed by atoms with Crippen molar-refractivity contribution in [3.63, 3.8) is 0 Å². The molecule has 1 fully saturated rings. The number of hydrogen-bond donors (Lipinski definition) is 0. The van der Waals surface area contributed by atoms with Gasteiger partial charge in [-0.15, -0.1) is 0 Å². The molecule has 3 aromatic rings. The van der Waals surface area contributed by atoms with Crippen LogP contribution in [0, 0.1) is 6.92 Å². The summed E-state index contributed by atoms with van der Waals surface area (Å²) in [4.78, 5) is 12.5. The maximum atomic E-state index is 12.8. The molecule has 27 heavy (non-hydrogen) atoms. The summed E-state index contributed by atoms with van der Waals surface area (Å²) in [6.07, 6.45) is -1.93. The van der Waals surface area contributed by atoms with Gasteiger partial charge < -0.3 is 9.80 Å². The van der Waals surface area contributed by atoms with Crippen LogP contribution in [0.4, 0.5) is 24.8 Å². The molecular formula is C17H16ClF3N6. The van der Waals surface area contributed by atoms with Gasteiger partial charge in [0.2, 0.25) is 0 Å². The molecule has 10 heteroatoms. The van der Waals surface area contributed by atoms with Crippen molar-refractivity contribution in [3.05, 3.63) is 46.9 Å². The summed E-state index contributed by atoms with van der Waals surface area (Å²) in [5, 5.41) is 4.32. The van der Waals surface area contributed by atoms with E-state index < -0.39 is 11.7 Å². The highest BCUT2D eigenvalue weighted by Crippen LogP contribution is 2.34. The van der Waals surface area contributed by atoms with E-state index in [-0.39, 0.29) is 5.02 Å². The first-order valence-corrected chi connectivity index (χ1v) is 8.75. The zero-order valence-corrected chi connectivity index (χ0v) is 15.2. The highest BCUT2D eigenvalue weighted by Gasteiger charge is 2.32. The molecule has 3 aromatic heterocycles. The van der Waals surface area contributed by atoms with Crippen molar-refractivity contribution < 1.29 is 13.2 Å². The number of anilines is 2. The monoisotopic (exact) mass is 396 g/mol. The number of nitrogens with zero attached hydrogens (tertiary/aromatic N) is 6. The average molecular weight is 397 g/mol. The smallest absolute Gasteiger partial charge is 0.353 e. The number of alkyl halides is 3. The molecule has 0 N–H and O–H groups in total. The molecule has 0 saturated carbocycles. The number of rotatable bonds is 2. The van der Waals surface area contributed by atoms with Crippen LogP contribution in [0.2, 0.25) is 5.02 Å². The van der Waals surface area contributed by atoms with E-state index in [1.807, 2.05) is 24.0 Å². The van der Waals surface area contributed by atoms with Gasteiger partial charge in [0.1, 0.15) is 11.6 Å². The Morgan fingerprint density at radius 3 is 2.44 bits per heavy atom. The number of aryl methyl sites for hydroxylation is 1. The van der Waals surface area contributed by atoms with Crippen LogP contribution < -0.4 is 9.80 Å². The van der Waals surface area contributed by atoms with Gasteiger partial charge in [-0.3, -0.25) is 0 Å². The first-order valence-electron chi connectivity index (χ1n) is 8.37. The molecule has 0 aliphatic carbocycles. The van der Waals surface area contributed by atoms with Crippen LogP contribution in [0.1, 0.15) is 11.3 Å². The second-order valence-electron chi connectivity index (χ2n) is 6.36. The summed E-state index contributed by atoms with van der Waals surface area (Å²) >= 11 is 6.07. The molecule has 0 unspecified atom stereocenters. The molecule has 0 radical (unpaired) electrons. The van der Waals surface area contributed by atoms with Gasteiger partial charge in [-0.2, -0.15) is 22.8 Å². The highest BCUT2D eigenvalue weighted by molar-refractivity contribution is 6.33. The van der Waals surface area contributed by atoms with Gasteiger partial charge in [0.25, 0.3) is 0 Å². The third kappa shape index (κ3) is 3.39. The number of halogens is 4. The predicted octanol–water partition coefficient (Wildman–Crippen LogP) is 3.43. The largest absolute Gasteiger partial charge is 0.417 e. The summed E-state index contributed by atoms with van der Waals surface area (Å²) in [6, 6.07) is 4.74. The molecule has 142 valence electrons. The molecule has 0 aromatic carbocycles. The van der Waals surface area contributed by atoms with Crippen LogP contribution in [-0.4, -0.2) is 45.8 Å². The van der Waals surface area contributed by atoms with Crippen LogP contribution in [0.5, 0.6) is 0 Å². The minimum absolute atomic E-state index is 0.00694. The SMILES string of the molecule is Cc1cc(N2CCN(c3ncc(C(F)(F)F)cc3Cl)CC2)n2nccc2n1. The highest BCUT2D eigenvalue weighted by atomic mass is 35.5. The second kappa shape index (κ2) is 6.56. The van der Waals surface area contributed by atoms with Crippen molar-refractivity contribution >= 4 is 28.9 Å². The fourth-order valence-corrected chi connectivity index (χ4v) is 3.50. The Bertz CT molecular complexity index is 978. The fraction of sp³-hybridized carbons (Fsp3) is 0.353. The zero-order valence-electron chi connectivity index (χ0n) is 14.4. The lowest BCUT2D eigenvalue weighted by atomic mass is 10.2. The van der Waals surface area contributed by atoms with Crippen LogP contribution >= 0.6 is 11.6 Å². The summed E-state index contributed by atoms with van der Waals surface area (Å²) in [5.41, 5.74) is 0.830. The molecule has 1 aliphatic rings. The number of piperazine rings is 1. The molecule has 6 nitrogen and oxygen atoms in total. The Balaban J connectivity index is 1.53. The van der Waals surface area contributed by atoms with E-state index in [0.29, 0.717) is 32.0 Å². The van der Waals surface area contributed by atoms with Crippen molar-refractivity contribution in [1.29, 1.82) is 0 Å². The van der Waals surface area contributed by atoms with Gasteiger partial charge in [0.05, 0.1) is 16.8 Å². The van der Waals surface area contributed by atoms with Gasteiger partial charge in [-0.05, 0) is 13.0 Å². The standard InChI is InChI=1S/C17H16ClF3N6/c1-11-8-15(27-14(24-11)2-3-23-27)25-4-6-26(7-5-25)16-13(18)9-12(10-22-16)17(19,20)21/h2-3,8-10H,4-7H2,1H3. The van der Waals surface area contributed by atoms with E-state index in [2.05, 4.69) is 20.0 Å². The average Bonchev–Trinajstić information content (AvgIpc) is 3.08. The Morgan fingerprint density at radius 1 is 1.07 bits per heavy atom. The summed E-state index contributed by atoms with van der Waals surface area (Å²) in [7, 11) is 0. The lowest BCUT2D eigenvalue weighted by molar-refractivity contribution is -0.137. The van der Waals surface area contributed by atoms with Crippen LogP contribution in [0.15, 0.2) is 30.6 Å². The van der Waals surface area contributed by atoms with Crippen molar-refractivity contribution in [2.24, 2.45) is 0 Å². The van der Waals surface area contributed by atoms with Crippen molar-refractivity contribution in [2.45, 2.75) is 13.1 Å². The third-order valence-electron chi connectivity index (χ3n) is 4.52. The number of pyridine rings is 1. The Labute approximate surface area is 158 Å². The molecule has 4 heterocycles. The molecule has 0 amide bonds. The first kappa shape index (κ1) is 17.8. The van der Waals surface area contributed by atoms with Gasteiger partial charge in [-0.25, -0.2) is 9.97 Å². The van der Waals surface area contributed by atoms with Gasteiger partial charge in [0.15, 0.2) is 5.65 Å². The van der Waals surface area contributed by atoms with Crippen molar-refractivity contribution in [1.82, 2.24) is 19.6 Å². The molecule has 1 saturated heterocycles.